The van der Waals surface area contributed by atoms with Crippen molar-refractivity contribution >= 4 is 5.97 Å². The third-order valence-corrected chi connectivity index (χ3v) is 12.6. The first-order valence-electron chi connectivity index (χ1n) is 26.0. The molecule has 0 spiro atoms. The highest BCUT2D eigenvalue weighted by molar-refractivity contribution is 5.81. The SMILES string of the molecule is C=CC(=O)OCCCc1cc2c(OCCCC)c(c1)Cc1cc(CCCO)cc(c1OCCCC)Cc1cc(CCCO)cc(c1OCCCC)Cc1cc(CCCO)cc(c1OCCCC)C2. The van der Waals surface area contributed by atoms with Gasteiger partial charge in [0, 0.05) is 51.6 Å². The van der Waals surface area contributed by atoms with Crippen LogP contribution in [0.15, 0.2) is 61.2 Å². The van der Waals surface area contributed by atoms with E-state index in [-0.39, 0.29) is 26.4 Å². The van der Waals surface area contributed by atoms with Gasteiger partial charge in [0.2, 0.25) is 0 Å². The van der Waals surface area contributed by atoms with Crippen LogP contribution in [0, 0.1) is 0 Å². The highest BCUT2D eigenvalue weighted by Crippen LogP contribution is 2.41. The molecule has 0 atom stereocenters. The highest BCUT2D eigenvalue weighted by atomic mass is 16.5. The summed E-state index contributed by atoms with van der Waals surface area (Å²) in [5.41, 5.74) is 13.2. The average molecular weight is 935 g/mol. The van der Waals surface area contributed by atoms with Gasteiger partial charge in [-0.1, -0.05) is 108 Å². The van der Waals surface area contributed by atoms with Crippen LogP contribution in [0.5, 0.6) is 23.0 Å². The second kappa shape index (κ2) is 29.9. The van der Waals surface area contributed by atoms with E-state index in [1.807, 2.05) is 0 Å². The van der Waals surface area contributed by atoms with Crippen molar-refractivity contribution in [3.63, 3.8) is 0 Å². The van der Waals surface area contributed by atoms with Crippen LogP contribution in [0.25, 0.3) is 0 Å². The van der Waals surface area contributed by atoms with Gasteiger partial charge in [0.1, 0.15) is 23.0 Å². The van der Waals surface area contributed by atoms with E-state index in [2.05, 4.69) is 82.8 Å². The van der Waals surface area contributed by atoms with Crippen LogP contribution in [0.1, 0.15) is 172 Å². The zero-order valence-electron chi connectivity index (χ0n) is 42.0. The first kappa shape index (κ1) is 54.1. The zero-order chi connectivity index (χ0) is 48.5. The van der Waals surface area contributed by atoms with Gasteiger partial charge in [0.25, 0.3) is 0 Å². The van der Waals surface area contributed by atoms with Crippen LogP contribution in [0.4, 0.5) is 0 Å². The summed E-state index contributed by atoms with van der Waals surface area (Å²) in [7, 11) is 0. The summed E-state index contributed by atoms with van der Waals surface area (Å²) < 4.78 is 33.3. The summed E-state index contributed by atoms with van der Waals surface area (Å²) in [4.78, 5) is 12.0. The van der Waals surface area contributed by atoms with Crippen molar-refractivity contribution < 1.29 is 43.8 Å². The molecule has 0 heterocycles. The molecule has 372 valence electrons. The number of fused-ring (bicyclic) bond motifs is 8. The van der Waals surface area contributed by atoms with E-state index in [4.69, 9.17) is 23.7 Å². The van der Waals surface area contributed by atoms with E-state index < -0.39 is 5.97 Å². The van der Waals surface area contributed by atoms with Crippen molar-refractivity contribution in [1.29, 1.82) is 0 Å². The summed E-state index contributed by atoms with van der Waals surface area (Å²) in [6, 6.07) is 18.2. The first-order valence-corrected chi connectivity index (χ1v) is 26.0. The van der Waals surface area contributed by atoms with Crippen molar-refractivity contribution in [2.45, 2.75) is 156 Å². The number of aryl methyl sites for hydroxylation is 4. The molecule has 9 nitrogen and oxygen atoms in total. The molecular formula is C59H82O9. The molecule has 68 heavy (non-hydrogen) atoms. The predicted molar refractivity (Wildman–Crippen MR) is 274 cm³/mol. The number of aliphatic hydroxyl groups is 3. The van der Waals surface area contributed by atoms with Gasteiger partial charge in [0.05, 0.1) is 33.0 Å². The first-order chi connectivity index (χ1) is 33.3. The van der Waals surface area contributed by atoms with Crippen LogP contribution in [0.2, 0.25) is 0 Å². The minimum atomic E-state index is -0.425. The molecular weight excluding hydrogens is 853 g/mol. The quantitative estimate of drug-likeness (QED) is 0.0235. The maximum Gasteiger partial charge on any atom is 0.330 e. The minimum Gasteiger partial charge on any atom is -0.493 e. The van der Waals surface area contributed by atoms with E-state index in [0.717, 1.165) is 160 Å². The number of benzene rings is 4. The number of hydrogen-bond acceptors (Lipinski definition) is 9. The summed E-state index contributed by atoms with van der Waals surface area (Å²) in [6.07, 6.45) is 16.5. The Morgan fingerprint density at radius 1 is 0.426 bits per heavy atom. The molecule has 0 saturated heterocycles. The standard InChI is InChI=1S/C59H82O9/c1-6-11-26-65-56-47-31-43(19-15-23-60)32-48(56)40-50-34-45(21-17-25-62)36-52(58(50)67-28-13-8-3)42-54-38-46(22-18-30-64-55(63)10-5)37-53(59(54)68-29-14-9-4)41-51-35-44(20-16-24-61)33-49(39-47)57(51)66-27-12-7-2/h10,31-38,60-62H,5-9,11-30,39-42H2,1-4H3. The number of carbonyl (C=O) groups excluding carboxylic acids is 1. The van der Waals surface area contributed by atoms with Crippen molar-refractivity contribution in [2.24, 2.45) is 0 Å². The lowest BCUT2D eigenvalue weighted by atomic mass is 9.87. The molecule has 0 aromatic heterocycles. The second-order valence-electron chi connectivity index (χ2n) is 18.4. The molecule has 0 aliphatic heterocycles. The van der Waals surface area contributed by atoms with Gasteiger partial charge in [0.15, 0.2) is 0 Å². The van der Waals surface area contributed by atoms with Gasteiger partial charge in [-0.2, -0.15) is 0 Å². The largest absolute Gasteiger partial charge is 0.493 e. The van der Waals surface area contributed by atoms with Crippen molar-refractivity contribution in [3.05, 3.63) is 128 Å². The van der Waals surface area contributed by atoms with Gasteiger partial charge in [-0.25, -0.2) is 4.79 Å². The Labute approximate surface area is 408 Å². The summed E-state index contributed by atoms with van der Waals surface area (Å²) >= 11 is 0. The van der Waals surface area contributed by atoms with E-state index >= 15 is 0 Å². The lowest BCUT2D eigenvalue weighted by Crippen LogP contribution is -2.12. The number of aliphatic hydroxyl groups excluding tert-OH is 3. The lowest BCUT2D eigenvalue weighted by molar-refractivity contribution is -0.137. The Bertz CT molecular complexity index is 2050. The van der Waals surface area contributed by atoms with Gasteiger partial charge < -0.3 is 39.0 Å². The van der Waals surface area contributed by atoms with Gasteiger partial charge in [-0.05, 0) is 144 Å². The molecule has 5 rings (SSSR count). The molecule has 1 aliphatic carbocycles. The summed E-state index contributed by atoms with van der Waals surface area (Å²) in [5, 5.41) is 30.2. The van der Waals surface area contributed by atoms with Gasteiger partial charge in [-0.3, -0.25) is 0 Å². The topological polar surface area (TPSA) is 124 Å². The Morgan fingerprint density at radius 2 is 0.676 bits per heavy atom. The maximum absolute atomic E-state index is 12.0. The fourth-order valence-electron chi connectivity index (χ4n) is 9.13. The number of rotatable bonds is 30. The predicted octanol–water partition coefficient (Wildman–Crippen LogP) is 11.5. The summed E-state index contributed by atoms with van der Waals surface area (Å²) in [5.74, 6) is 3.11. The Kier molecular flexibility index (Phi) is 23.8. The number of unbranched alkanes of at least 4 members (excludes halogenated alkanes) is 4. The van der Waals surface area contributed by atoms with Crippen LogP contribution in [-0.4, -0.2) is 74.1 Å². The van der Waals surface area contributed by atoms with Gasteiger partial charge in [-0.15, -0.1) is 0 Å². The molecule has 0 saturated carbocycles. The molecule has 3 N–H and O–H groups in total. The number of ether oxygens (including phenoxy) is 5. The van der Waals surface area contributed by atoms with E-state index in [9.17, 15) is 20.1 Å². The average Bonchev–Trinajstić information content (AvgIpc) is 3.33. The number of carbonyl (C=O) groups is 1. The monoisotopic (exact) mass is 935 g/mol. The van der Waals surface area contributed by atoms with Crippen molar-refractivity contribution in [1.82, 2.24) is 0 Å². The van der Waals surface area contributed by atoms with Crippen LogP contribution >= 0.6 is 0 Å². The smallest absolute Gasteiger partial charge is 0.330 e. The minimum absolute atomic E-state index is 0.0973. The number of esters is 1. The van der Waals surface area contributed by atoms with E-state index in [1.54, 1.807) is 0 Å². The summed E-state index contributed by atoms with van der Waals surface area (Å²) in [6.45, 7) is 15.2. The highest BCUT2D eigenvalue weighted by Gasteiger charge is 2.25. The van der Waals surface area contributed by atoms with Crippen LogP contribution in [0.3, 0.4) is 0 Å². The molecule has 4 aromatic carbocycles. The zero-order valence-corrected chi connectivity index (χ0v) is 42.0. The molecule has 0 amide bonds. The molecule has 9 heteroatoms. The molecule has 0 unspecified atom stereocenters. The van der Waals surface area contributed by atoms with Crippen LogP contribution in [-0.2, 0) is 60.9 Å². The number of hydrogen-bond donors (Lipinski definition) is 3. The molecule has 4 aromatic rings. The van der Waals surface area contributed by atoms with E-state index in [1.165, 1.54) is 6.08 Å². The fraction of sp³-hybridized carbons (Fsp3) is 0.542. The van der Waals surface area contributed by atoms with Gasteiger partial charge >= 0.3 is 5.97 Å². The maximum atomic E-state index is 12.0. The normalized spacial score (nSPS) is 12.2. The third kappa shape index (κ3) is 16.4. The molecule has 1 aliphatic rings. The second-order valence-corrected chi connectivity index (χ2v) is 18.4. The molecule has 8 bridgehead atoms. The fourth-order valence-corrected chi connectivity index (χ4v) is 9.13. The Hall–Kier alpha value is -4.83. The van der Waals surface area contributed by atoms with Crippen molar-refractivity contribution in [2.75, 3.05) is 52.9 Å². The third-order valence-electron chi connectivity index (χ3n) is 12.6. The van der Waals surface area contributed by atoms with Crippen LogP contribution < -0.4 is 18.9 Å². The lowest BCUT2D eigenvalue weighted by Gasteiger charge is -2.25. The Morgan fingerprint density at radius 3 is 0.897 bits per heavy atom. The molecule has 0 fully saturated rings. The van der Waals surface area contributed by atoms with E-state index in [0.29, 0.717) is 84.2 Å². The van der Waals surface area contributed by atoms with Crippen molar-refractivity contribution in [3.8, 4) is 23.0 Å². The Balaban J connectivity index is 1.90. The molecule has 0 radical (unpaired) electrons.